The predicted molar refractivity (Wildman–Crippen MR) is 144 cm³/mol. The van der Waals surface area contributed by atoms with Crippen LogP contribution < -0.4 is 0 Å². The van der Waals surface area contributed by atoms with Gasteiger partial charge in [-0.1, -0.05) is 41.4 Å². The second-order valence-corrected chi connectivity index (χ2v) is 9.90. The number of aryl methyl sites for hydroxylation is 1. The summed E-state index contributed by atoms with van der Waals surface area (Å²) in [6, 6.07) is 20.9. The van der Waals surface area contributed by atoms with Gasteiger partial charge in [-0.3, -0.25) is 9.69 Å². The van der Waals surface area contributed by atoms with Crippen LogP contribution in [-0.2, 0) is 11.3 Å². The molecule has 1 fully saturated rings. The van der Waals surface area contributed by atoms with E-state index in [-0.39, 0.29) is 5.91 Å². The lowest BCUT2D eigenvalue weighted by molar-refractivity contribution is -0.122. The number of carbonyl (C=O) groups excluding carboxylic acids is 1. The van der Waals surface area contributed by atoms with Crippen molar-refractivity contribution in [1.29, 1.82) is 0 Å². The van der Waals surface area contributed by atoms with E-state index in [0.29, 0.717) is 32.4 Å². The maximum Gasteiger partial charge on any atom is 0.267 e. The first kappa shape index (κ1) is 23.5. The fraction of sp³-hybridized carbons (Fsp3) is 0.111. The fourth-order valence-corrected chi connectivity index (χ4v) is 5.28. The summed E-state index contributed by atoms with van der Waals surface area (Å²) in [6.45, 7) is 4.35. The van der Waals surface area contributed by atoms with Gasteiger partial charge >= 0.3 is 0 Å². The molecular weight excluding hydrogens is 501 g/mol. The van der Waals surface area contributed by atoms with Crippen LogP contribution >= 0.6 is 35.0 Å². The molecule has 176 valence electrons. The van der Waals surface area contributed by atoms with E-state index < -0.39 is 0 Å². The van der Waals surface area contributed by atoms with E-state index in [9.17, 15) is 4.79 Å². The first-order chi connectivity index (χ1) is 16.9. The van der Waals surface area contributed by atoms with Gasteiger partial charge in [0.2, 0.25) is 0 Å². The molecule has 1 amide bonds. The van der Waals surface area contributed by atoms with Crippen molar-refractivity contribution >= 4 is 57.8 Å². The zero-order valence-electron chi connectivity index (χ0n) is 19.0. The summed E-state index contributed by atoms with van der Waals surface area (Å²) < 4.78 is 7.60. The molecule has 0 spiro atoms. The Morgan fingerprint density at radius 2 is 1.80 bits per heavy atom. The van der Waals surface area contributed by atoms with Gasteiger partial charge in [0.1, 0.15) is 5.76 Å². The molecule has 0 radical (unpaired) electrons. The monoisotopic (exact) mass is 521 g/mol. The Balaban J connectivity index is 1.52. The number of thioether (sulfide) groups is 1. The van der Waals surface area contributed by atoms with Crippen molar-refractivity contribution < 1.29 is 9.21 Å². The summed E-state index contributed by atoms with van der Waals surface area (Å²) in [7, 11) is 0. The molecule has 5 nitrogen and oxygen atoms in total. The summed E-state index contributed by atoms with van der Waals surface area (Å²) in [6.07, 6.45) is 3.53. The van der Waals surface area contributed by atoms with E-state index in [1.54, 1.807) is 17.2 Å². The summed E-state index contributed by atoms with van der Waals surface area (Å²) in [5.41, 5.74) is 4.66. The number of hydrogen-bond donors (Lipinski definition) is 0. The topological polar surface area (TPSA) is 50.7 Å². The minimum absolute atomic E-state index is 0.111. The number of carbonyl (C=O) groups is 1. The van der Waals surface area contributed by atoms with Crippen LogP contribution in [0.4, 0.5) is 5.69 Å². The van der Waals surface area contributed by atoms with E-state index in [1.165, 1.54) is 11.8 Å². The third-order valence-electron chi connectivity index (χ3n) is 5.68. The molecule has 1 aliphatic rings. The SMILES string of the molecule is Cc1cc(/C=C2/SC(=Nc3ccccc3)N(Cc3ccco3)C2=O)c(C)n1-c1ccc(Cl)c(Cl)c1. The molecule has 0 bridgehead atoms. The average molecular weight is 522 g/mol. The van der Waals surface area contributed by atoms with Crippen LogP contribution in [-0.4, -0.2) is 20.5 Å². The summed E-state index contributed by atoms with van der Waals surface area (Å²) in [5, 5.41) is 1.62. The Morgan fingerprint density at radius 3 is 2.51 bits per heavy atom. The number of benzene rings is 2. The van der Waals surface area contributed by atoms with Crippen molar-refractivity contribution in [2.24, 2.45) is 4.99 Å². The first-order valence-corrected chi connectivity index (χ1v) is 12.5. The fourth-order valence-electron chi connectivity index (χ4n) is 4.00. The van der Waals surface area contributed by atoms with Crippen molar-refractivity contribution in [3.63, 3.8) is 0 Å². The van der Waals surface area contributed by atoms with E-state index in [4.69, 9.17) is 32.6 Å². The Kier molecular flexibility index (Phi) is 6.60. The van der Waals surface area contributed by atoms with Gasteiger partial charge in [-0.15, -0.1) is 0 Å². The van der Waals surface area contributed by atoms with Gasteiger partial charge in [-0.05, 0) is 85.8 Å². The summed E-state index contributed by atoms with van der Waals surface area (Å²) in [5.74, 6) is 0.583. The molecule has 35 heavy (non-hydrogen) atoms. The first-order valence-electron chi connectivity index (χ1n) is 10.9. The zero-order valence-corrected chi connectivity index (χ0v) is 21.4. The smallest absolute Gasteiger partial charge is 0.267 e. The highest BCUT2D eigenvalue weighted by Gasteiger charge is 2.34. The predicted octanol–water partition coefficient (Wildman–Crippen LogP) is 7.80. The molecule has 0 unspecified atom stereocenters. The standard InChI is InChI=1S/C27H21Cl2N3O2S/c1-17-13-19(18(2)32(17)21-10-11-23(28)24(29)15-21)14-25-26(33)31(16-22-9-6-12-34-22)27(35-25)30-20-7-4-3-5-8-20/h3-15H,16H2,1-2H3/b25-14+,30-27?. The summed E-state index contributed by atoms with van der Waals surface area (Å²) in [4.78, 5) is 20.5. The van der Waals surface area contributed by atoms with Gasteiger partial charge in [0.05, 0.1) is 33.4 Å². The highest BCUT2D eigenvalue weighted by atomic mass is 35.5. The molecule has 3 heterocycles. The average Bonchev–Trinajstić information content (AvgIpc) is 3.53. The minimum Gasteiger partial charge on any atom is -0.467 e. The van der Waals surface area contributed by atoms with Crippen LogP contribution in [0.15, 0.2) is 87.3 Å². The van der Waals surface area contributed by atoms with E-state index in [2.05, 4.69) is 10.6 Å². The van der Waals surface area contributed by atoms with Gasteiger partial charge in [-0.2, -0.15) is 0 Å². The quantitative estimate of drug-likeness (QED) is 0.251. The van der Waals surface area contributed by atoms with Crippen LogP contribution in [0.2, 0.25) is 10.0 Å². The molecular formula is C27H21Cl2N3O2S. The second kappa shape index (κ2) is 9.82. The Labute approximate surface area is 217 Å². The van der Waals surface area contributed by atoms with Crippen LogP contribution in [0.1, 0.15) is 22.7 Å². The molecule has 1 saturated heterocycles. The van der Waals surface area contributed by atoms with Crippen LogP contribution in [0.25, 0.3) is 11.8 Å². The van der Waals surface area contributed by atoms with Crippen molar-refractivity contribution in [3.8, 4) is 5.69 Å². The Morgan fingerprint density at radius 1 is 1.00 bits per heavy atom. The van der Waals surface area contributed by atoms with Crippen molar-refractivity contribution in [3.05, 3.63) is 111 Å². The molecule has 2 aromatic heterocycles. The summed E-state index contributed by atoms with van der Waals surface area (Å²) >= 11 is 13.7. The molecule has 2 aromatic carbocycles. The maximum absolute atomic E-state index is 13.5. The van der Waals surface area contributed by atoms with Crippen molar-refractivity contribution in [2.45, 2.75) is 20.4 Å². The lowest BCUT2D eigenvalue weighted by Gasteiger charge is -2.13. The van der Waals surface area contributed by atoms with Crippen LogP contribution in [0, 0.1) is 13.8 Å². The van der Waals surface area contributed by atoms with Crippen molar-refractivity contribution in [1.82, 2.24) is 9.47 Å². The highest BCUT2D eigenvalue weighted by molar-refractivity contribution is 8.18. The minimum atomic E-state index is -0.111. The molecule has 0 aliphatic carbocycles. The van der Waals surface area contributed by atoms with Crippen molar-refractivity contribution in [2.75, 3.05) is 0 Å². The van der Waals surface area contributed by atoms with Gasteiger partial charge in [0.15, 0.2) is 5.17 Å². The number of amides is 1. The van der Waals surface area contributed by atoms with Gasteiger partial charge in [0.25, 0.3) is 5.91 Å². The third-order valence-corrected chi connectivity index (χ3v) is 7.43. The molecule has 0 N–H and O–H groups in total. The second-order valence-electron chi connectivity index (χ2n) is 8.07. The van der Waals surface area contributed by atoms with E-state index in [0.717, 1.165) is 28.3 Å². The number of aromatic nitrogens is 1. The number of amidine groups is 1. The number of nitrogens with zero attached hydrogens (tertiary/aromatic N) is 3. The maximum atomic E-state index is 13.5. The van der Waals surface area contributed by atoms with E-state index in [1.807, 2.05) is 74.5 Å². The third kappa shape index (κ3) is 4.82. The highest BCUT2D eigenvalue weighted by Crippen LogP contribution is 2.36. The molecule has 5 rings (SSSR count). The number of para-hydroxylation sites is 1. The van der Waals surface area contributed by atoms with Crippen LogP contribution in [0.5, 0.6) is 0 Å². The Hall–Kier alpha value is -3.19. The Bertz CT molecular complexity index is 1460. The number of rotatable bonds is 5. The van der Waals surface area contributed by atoms with Gasteiger partial charge in [-0.25, -0.2) is 4.99 Å². The molecule has 4 aromatic rings. The number of hydrogen-bond acceptors (Lipinski definition) is 4. The number of aliphatic imine (C=N–C) groups is 1. The van der Waals surface area contributed by atoms with Gasteiger partial charge < -0.3 is 8.98 Å². The van der Waals surface area contributed by atoms with E-state index >= 15 is 0 Å². The molecule has 1 aliphatic heterocycles. The number of halogens is 2. The molecule has 0 atom stereocenters. The lowest BCUT2D eigenvalue weighted by atomic mass is 10.2. The zero-order chi connectivity index (χ0) is 24.5. The lowest BCUT2D eigenvalue weighted by Crippen LogP contribution is -2.28. The number of furan rings is 1. The normalized spacial score (nSPS) is 16.1. The van der Waals surface area contributed by atoms with Gasteiger partial charge in [0, 0.05) is 17.1 Å². The van der Waals surface area contributed by atoms with Crippen LogP contribution in [0.3, 0.4) is 0 Å². The molecule has 0 saturated carbocycles. The largest absolute Gasteiger partial charge is 0.467 e. The molecule has 8 heteroatoms.